The molecule has 0 spiro atoms. The Bertz CT molecular complexity index is 1030. The minimum atomic E-state index is -0.474. The van der Waals surface area contributed by atoms with Crippen LogP contribution in [0, 0.1) is 11.6 Å². The average Bonchev–Trinajstić information content (AvgIpc) is 2.76. The number of aromatic nitrogens is 2. The number of rotatable bonds is 4. The third kappa shape index (κ3) is 4.36. The molecule has 154 valence electrons. The molecule has 0 saturated carbocycles. The van der Waals surface area contributed by atoms with Gasteiger partial charge in [-0.05, 0) is 61.2 Å². The van der Waals surface area contributed by atoms with Gasteiger partial charge in [-0.25, -0.2) is 18.7 Å². The number of halogens is 2. The summed E-state index contributed by atoms with van der Waals surface area (Å²) in [6.45, 7) is 0.937. The molecule has 2 heterocycles. The van der Waals surface area contributed by atoms with Crippen LogP contribution in [-0.4, -0.2) is 39.4 Å². The van der Waals surface area contributed by atoms with Gasteiger partial charge in [0.2, 0.25) is 0 Å². The van der Waals surface area contributed by atoms with Crippen LogP contribution in [0.4, 0.5) is 8.78 Å². The molecule has 3 aromatic rings. The van der Waals surface area contributed by atoms with E-state index in [1.165, 1.54) is 30.6 Å². The number of hydrogen-bond donors (Lipinski definition) is 1. The summed E-state index contributed by atoms with van der Waals surface area (Å²) in [5.74, 6) is -0.996. The Morgan fingerprint density at radius 1 is 1.03 bits per heavy atom. The summed E-state index contributed by atoms with van der Waals surface area (Å²) >= 11 is 0. The zero-order valence-corrected chi connectivity index (χ0v) is 16.4. The summed E-state index contributed by atoms with van der Waals surface area (Å²) in [6, 6.07) is 12.2. The molecule has 7 heteroatoms. The zero-order valence-electron chi connectivity index (χ0n) is 16.4. The Kier molecular flexibility index (Phi) is 5.55. The lowest BCUT2D eigenvalue weighted by Crippen LogP contribution is -2.53. The molecule has 0 radical (unpaired) electrons. The van der Waals surface area contributed by atoms with Gasteiger partial charge in [0, 0.05) is 30.4 Å². The predicted molar refractivity (Wildman–Crippen MR) is 110 cm³/mol. The Morgan fingerprint density at radius 2 is 1.73 bits per heavy atom. The first-order chi connectivity index (χ1) is 14.4. The molecule has 0 atom stereocenters. The lowest BCUT2D eigenvalue weighted by Gasteiger charge is -2.39. The van der Waals surface area contributed by atoms with Crippen LogP contribution >= 0.6 is 0 Å². The van der Waals surface area contributed by atoms with Gasteiger partial charge in [-0.3, -0.25) is 4.79 Å². The molecule has 0 unspecified atom stereocenters. The van der Waals surface area contributed by atoms with E-state index in [1.54, 1.807) is 35.4 Å². The first-order valence-electron chi connectivity index (χ1n) is 9.82. The number of piperidine rings is 1. The fraction of sp³-hybridized carbons (Fsp3) is 0.261. The van der Waals surface area contributed by atoms with Gasteiger partial charge in [0.25, 0.3) is 5.91 Å². The molecule has 2 aromatic carbocycles. The maximum Gasteiger partial charge on any atom is 0.254 e. The second-order valence-corrected chi connectivity index (χ2v) is 7.74. The number of amides is 1. The molecule has 1 saturated heterocycles. The van der Waals surface area contributed by atoms with Crippen molar-refractivity contribution < 1.29 is 13.6 Å². The summed E-state index contributed by atoms with van der Waals surface area (Å²) in [5.41, 5.74) is 8.48. The summed E-state index contributed by atoms with van der Waals surface area (Å²) in [4.78, 5) is 23.0. The third-order valence-electron chi connectivity index (χ3n) is 5.59. The minimum absolute atomic E-state index is 0.244. The molecule has 1 fully saturated rings. The quantitative estimate of drug-likeness (QED) is 0.716. The van der Waals surface area contributed by atoms with E-state index in [0.29, 0.717) is 43.6 Å². The molecule has 0 bridgehead atoms. The summed E-state index contributed by atoms with van der Waals surface area (Å²) < 4.78 is 27.1. The first-order valence-corrected chi connectivity index (χ1v) is 9.82. The molecule has 1 aliphatic heterocycles. The minimum Gasteiger partial charge on any atom is -0.338 e. The molecule has 1 aliphatic rings. The van der Waals surface area contributed by atoms with Crippen LogP contribution in [-0.2, 0) is 6.42 Å². The van der Waals surface area contributed by atoms with Gasteiger partial charge >= 0.3 is 0 Å². The molecular weight excluding hydrogens is 386 g/mol. The van der Waals surface area contributed by atoms with Crippen molar-refractivity contribution in [2.75, 3.05) is 13.1 Å². The number of carbonyl (C=O) groups excluding carboxylic acids is 1. The van der Waals surface area contributed by atoms with Crippen LogP contribution in [0.15, 0.2) is 61.1 Å². The highest BCUT2D eigenvalue weighted by Crippen LogP contribution is 2.28. The molecule has 1 amide bonds. The molecule has 1 aromatic heterocycles. The second-order valence-electron chi connectivity index (χ2n) is 7.74. The van der Waals surface area contributed by atoms with Crippen molar-refractivity contribution in [1.82, 2.24) is 14.9 Å². The monoisotopic (exact) mass is 408 g/mol. The van der Waals surface area contributed by atoms with E-state index in [9.17, 15) is 13.6 Å². The van der Waals surface area contributed by atoms with Gasteiger partial charge < -0.3 is 10.6 Å². The van der Waals surface area contributed by atoms with E-state index in [4.69, 9.17) is 5.73 Å². The van der Waals surface area contributed by atoms with E-state index in [1.807, 2.05) is 0 Å². The Hall–Kier alpha value is -3.19. The summed E-state index contributed by atoms with van der Waals surface area (Å²) in [5, 5.41) is 0. The number of carbonyl (C=O) groups is 1. The largest absolute Gasteiger partial charge is 0.338 e. The van der Waals surface area contributed by atoms with Gasteiger partial charge in [0.1, 0.15) is 18.0 Å². The van der Waals surface area contributed by atoms with E-state index in [2.05, 4.69) is 9.97 Å². The van der Waals surface area contributed by atoms with Gasteiger partial charge in [-0.2, -0.15) is 0 Å². The smallest absolute Gasteiger partial charge is 0.254 e. The molecule has 30 heavy (non-hydrogen) atoms. The van der Waals surface area contributed by atoms with Crippen molar-refractivity contribution in [2.45, 2.75) is 24.8 Å². The molecule has 2 N–H and O–H groups in total. The molecule has 5 nitrogen and oxygen atoms in total. The first kappa shape index (κ1) is 20.1. The fourth-order valence-corrected chi connectivity index (χ4v) is 3.88. The van der Waals surface area contributed by atoms with Gasteiger partial charge in [0.15, 0.2) is 0 Å². The number of benzene rings is 2. The lowest BCUT2D eigenvalue weighted by molar-refractivity contribution is 0.0671. The van der Waals surface area contributed by atoms with Crippen molar-refractivity contribution >= 4 is 5.91 Å². The van der Waals surface area contributed by atoms with Crippen LogP contribution in [0.25, 0.3) is 11.3 Å². The topological polar surface area (TPSA) is 72.1 Å². The second kappa shape index (κ2) is 8.28. The van der Waals surface area contributed by atoms with E-state index in [0.717, 1.165) is 5.56 Å². The highest BCUT2D eigenvalue weighted by atomic mass is 19.1. The standard InChI is InChI=1S/C23H22F2N4O/c24-17-3-1-16(2-4-17)14-23(26)8-11-29(12-9-23)22(30)20-13-18(25)5-6-19(20)21-7-10-27-15-28-21/h1-7,10,13,15H,8-9,11-12,14,26H2. The number of nitrogens with two attached hydrogens (primary N) is 1. The van der Waals surface area contributed by atoms with Crippen LogP contribution in [0.3, 0.4) is 0 Å². The van der Waals surface area contributed by atoms with Crippen molar-refractivity contribution in [1.29, 1.82) is 0 Å². The Labute approximate surface area is 173 Å². The van der Waals surface area contributed by atoms with E-state index >= 15 is 0 Å². The van der Waals surface area contributed by atoms with Crippen molar-refractivity contribution in [2.24, 2.45) is 5.73 Å². The van der Waals surface area contributed by atoms with Gasteiger partial charge in [-0.1, -0.05) is 12.1 Å². The van der Waals surface area contributed by atoms with Crippen molar-refractivity contribution in [3.05, 3.63) is 83.8 Å². The van der Waals surface area contributed by atoms with Crippen LogP contribution in [0.5, 0.6) is 0 Å². The SMILES string of the molecule is NC1(Cc2ccc(F)cc2)CCN(C(=O)c2cc(F)ccc2-c2ccncn2)CC1. The van der Waals surface area contributed by atoms with Gasteiger partial charge in [-0.15, -0.1) is 0 Å². The number of likely N-dealkylation sites (tertiary alicyclic amines) is 1. The van der Waals surface area contributed by atoms with E-state index in [-0.39, 0.29) is 17.3 Å². The van der Waals surface area contributed by atoms with E-state index < -0.39 is 11.4 Å². The normalized spacial score (nSPS) is 15.8. The zero-order chi connectivity index (χ0) is 21.1. The van der Waals surface area contributed by atoms with Crippen LogP contribution in [0.2, 0.25) is 0 Å². The fourth-order valence-electron chi connectivity index (χ4n) is 3.88. The van der Waals surface area contributed by atoms with Gasteiger partial charge in [0.05, 0.1) is 11.3 Å². The maximum absolute atomic E-state index is 13.9. The van der Waals surface area contributed by atoms with Crippen molar-refractivity contribution in [3.63, 3.8) is 0 Å². The molecule has 4 rings (SSSR count). The highest BCUT2D eigenvalue weighted by molar-refractivity contribution is 6.00. The predicted octanol–water partition coefficient (Wildman–Crippen LogP) is 3.60. The van der Waals surface area contributed by atoms with Crippen molar-refractivity contribution in [3.8, 4) is 11.3 Å². The third-order valence-corrected chi connectivity index (χ3v) is 5.59. The lowest BCUT2D eigenvalue weighted by atomic mass is 9.82. The Balaban J connectivity index is 1.50. The highest BCUT2D eigenvalue weighted by Gasteiger charge is 2.33. The summed E-state index contributed by atoms with van der Waals surface area (Å²) in [6.07, 6.45) is 4.80. The van der Waals surface area contributed by atoms with Crippen LogP contribution in [0.1, 0.15) is 28.8 Å². The maximum atomic E-state index is 13.9. The number of hydrogen-bond acceptors (Lipinski definition) is 4. The Morgan fingerprint density at radius 3 is 2.40 bits per heavy atom. The molecule has 0 aliphatic carbocycles. The molecular formula is C23H22F2N4O. The number of nitrogens with zero attached hydrogens (tertiary/aromatic N) is 3. The average molecular weight is 408 g/mol. The van der Waals surface area contributed by atoms with Crippen LogP contribution < -0.4 is 5.73 Å². The summed E-state index contributed by atoms with van der Waals surface area (Å²) in [7, 11) is 0.